The van der Waals surface area contributed by atoms with Gasteiger partial charge in [-0.05, 0) is 41.3 Å². The van der Waals surface area contributed by atoms with Crippen molar-refractivity contribution in [3.8, 4) is 16.9 Å². The largest absolute Gasteiger partial charge is 0.490 e. The Morgan fingerprint density at radius 3 is 3.03 bits per heavy atom. The highest BCUT2D eigenvalue weighted by molar-refractivity contribution is 5.85. The van der Waals surface area contributed by atoms with Crippen LogP contribution in [0.1, 0.15) is 6.42 Å². The fourth-order valence-electron chi connectivity index (χ4n) is 3.70. The second-order valence-electron chi connectivity index (χ2n) is 7.30. The summed E-state index contributed by atoms with van der Waals surface area (Å²) >= 11 is 0. The average Bonchev–Trinajstić information content (AvgIpc) is 3.39. The number of rotatable bonds is 6. The molecular weight excluding hydrogens is 362 g/mol. The minimum absolute atomic E-state index is 0.118. The van der Waals surface area contributed by atoms with Crippen LogP contribution in [0.5, 0.6) is 5.75 Å². The summed E-state index contributed by atoms with van der Waals surface area (Å²) in [6, 6.07) is 8.17. The third-order valence-electron chi connectivity index (χ3n) is 5.19. The SMILES string of the molecule is N[C@H](COc1cncc(-c2ccc3[nH]ncc3c2)c1)CC1=C2C=CC=CC2N=C1. The molecule has 1 aliphatic heterocycles. The summed E-state index contributed by atoms with van der Waals surface area (Å²) < 4.78 is 5.94. The van der Waals surface area contributed by atoms with Crippen LogP contribution in [0, 0.1) is 0 Å². The summed E-state index contributed by atoms with van der Waals surface area (Å²) in [6.07, 6.45) is 16.3. The quantitative estimate of drug-likeness (QED) is 0.681. The van der Waals surface area contributed by atoms with Crippen LogP contribution < -0.4 is 10.5 Å². The van der Waals surface area contributed by atoms with E-state index in [1.165, 1.54) is 11.1 Å². The Kier molecular flexibility index (Phi) is 4.54. The molecule has 2 atom stereocenters. The minimum atomic E-state index is -0.118. The van der Waals surface area contributed by atoms with E-state index in [2.05, 4.69) is 38.4 Å². The maximum Gasteiger partial charge on any atom is 0.138 e. The van der Waals surface area contributed by atoms with Gasteiger partial charge in [-0.15, -0.1) is 0 Å². The first-order chi connectivity index (χ1) is 14.3. The lowest BCUT2D eigenvalue weighted by Crippen LogP contribution is -2.28. The molecule has 3 heterocycles. The number of nitrogens with zero attached hydrogens (tertiary/aromatic N) is 3. The van der Waals surface area contributed by atoms with Crippen molar-refractivity contribution in [3.63, 3.8) is 0 Å². The fourth-order valence-corrected chi connectivity index (χ4v) is 3.70. The van der Waals surface area contributed by atoms with Crippen LogP contribution in [-0.2, 0) is 0 Å². The summed E-state index contributed by atoms with van der Waals surface area (Å²) in [7, 11) is 0. The molecule has 2 aromatic heterocycles. The molecule has 144 valence electrons. The van der Waals surface area contributed by atoms with Gasteiger partial charge in [-0.3, -0.25) is 15.1 Å². The number of H-pyrrole nitrogens is 1. The van der Waals surface area contributed by atoms with Gasteiger partial charge in [0.15, 0.2) is 0 Å². The number of ether oxygens (including phenoxy) is 1. The molecule has 0 amide bonds. The summed E-state index contributed by atoms with van der Waals surface area (Å²) in [5.74, 6) is 0.710. The highest BCUT2D eigenvalue weighted by atomic mass is 16.5. The molecule has 0 spiro atoms. The molecule has 3 aromatic rings. The van der Waals surface area contributed by atoms with Crippen LogP contribution in [0.15, 0.2) is 83.3 Å². The van der Waals surface area contributed by atoms with Crippen LogP contribution in [0.3, 0.4) is 0 Å². The first-order valence-corrected chi connectivity index (χ1v) is 9.64. The Labute approximate surface area is 168 Å². The molecule has 5 rings (SSSR count). The molecule has 0 fully saturated rings. The number of allylic oxidation sites excluding steroid dienone is 2. The van der Waals surface area contributed by atoms with E-state index in [-0.39, 0.29) is 12.1 Å². The highest BCUT2D eigenvalue weighted by Crippen LogP contribution is 2.27. The number of hydrogen-bond donors (Lipinski definition) is 2. The van der Waals surface area contributed by atoms with E-state index in [9.17, 15) is 0 Å². The summed E-state index contributed by atoms with van der Waals surface area (Å²) in [6.45, 7) is 0.417. The zero-order valence-corrected chi connectivity index (χ0v) is 15.8. The predicted octanol–water partition coefficient (Wildman–Crippen LogP) is 3.60. The number of aromatic nitrogens is 3. The van der Waals surface area contributed by atoms with Crippen LogP contribution in [0.2, 0.25) is 0 Å². The zero-order chi connectivity index (χ0) is 19.6. The van der Waals surface area contributed by atoms with Gasteiger partial charge in [0.05, 0.1) is 24.0 Å². The number of aromatic amines is 1. The van der Waals surface area contributed by atoms with Gasteiger partial charge in [-0.25, -0.2) is 0 Å². The molecule has 0 saturated heterocycles. The number of pyridine rings is 1. The van der Waals surface area contributed by atoms with E-state index < -0.39 is 0 Å². The van der Waals surface area contributed by atoms with Crippen LogP contribution in [0.25, 0.3) is 22.0 Å². The number of nitrogens with two attached hydrogens (primary N) is 1. The highest BCUT2D eigenvalue weighted by Gasteiger charge is 2.20. The van der Waals surface area contributed by atoms with Crippen molar-refractivity contribution in [2.75, 3.05) is 6.61 Å². The molecule has 3 N–H and O–H groups in total. The van der Waals surface area contributed by atoms with Crippen molar-refractivity contribution in [1.82, 2.24) is 15.2 Å². The van der Waals surface area contributed by atoms with E-state index in [0.717, 1.165) is 28.5 Å². The number of aliphatic imine (C=N–C) groups is 1. The second kappa shape index (κ2) is 7.48. The van der Waals surface area contributed by atoms with Crippen molar-refractivity contribution < 1.29 is 4.74 Å². The van der Waals surface area contributed by atoms with Crippen LogP contribution in [0.4, 0.5) is 0 Å². The molecule has 6 heteroatoms. The van der Waals surface area contributed by atoms with Gasteiger partial charge in [-0.2, -0.15) is 5.10 Å². The lowest BCUT2D eigenvalue weighted by atomic mass is 9.96. The third kappa shape index (κ3) is 3.62. The molecule has 0 radical (unpaired) electrons. The van der Waals surface area contributed by atoms with Gasteiger partial charge in [0.25, 0.3) is 0 Å². The van der Waals surface area contributed by atoms with Crippen molar-refractivity contribution in [1.29, 1.82) is 0 Å². The topological polar surface area (TPSA) is 89.2 Å². The van der Waals surface area contributed by atoms with Gasteiger partial charge < -0.3 is 10.5 Å². The molecule has 1 aliphatic carbocycles. The molecule has 1 unspecified atom stereocenters. The third-order valence-corrected chi connectivity index (χ3v) is 5.19. The Hall–Kier alpha value is -3.51. The molecule has 0 bridgehead atoms. The monoisotopic (exact) mass is 383 g/mol. The Bertz CT molecular complexity index is 1170. The molecular formula is C23H21N5O. The van der Waals surface area contributed by atoms with Crippen molar-refractivity contribution >= 4 is 17.1 Å². The van der Waals surface area contributed by atoms with Gasteiger partial charge in [-0.1, -0.05) is 30.4 Å². The summed E-state index contributed by atoms with van der Waals surface area (Å²) in [5, 5.41) is 8.10. The summed E-state index contributed by atoms with van der Waals surface area (Å²) in [5.41, 5.74) is 11.8. The maximum atomic E-state index is 6.33. The Morgan fingerprint density at radius 2 is 2.07 bits per heavy atom. The normalized spacial score (nSPS) is 18.4. The lowest BCUT2D eigenvalue weighted by Gasteiger charge is -2.15. The first kappa shape index (κ1) is 17.6. The standard InChI is InChI=1S/C23H21N5O/c24-19(8-17-11-26-23-4-2-1-3-21(17)23)14-29-20-9-16(10-25-13-20)15-5-6-22-18(7-15)12-27-28-22/h1-7,9-13,19,23H,8,14,24H2,(H,27,28)/t19-,23?/m0/s1. The van der Waals surface area contributed by atoms with Crippen molar-refractivity contribution in [2.24, 2.45) is 10.7 Å². The summed E-state index contributed by atoms with van der Waals surface area (Å²) in [4.78, 5) is 8.85. The number of hydrogen-bond acceptors (Lipinski definition) is 5. The predicted molar refractivity (Wildman–Crippen MR) is 115 cm³/mol. The van der Waals surface area contributed by atoms with Gasteiger partial charge in [0, 0.05) is 29.4 Å². The van der Waals surface area contributed by atoms with Gasteiger partial charge >= 0.3 is 0 Å². The maximum absolute atomic E-state index is 6.33. The number of nitrogens with one attached hydrogen (secondary N) is 1. The minimum Gasteiger partial charge on any atom is -0.490 e. The lowest BCUT2D eigenvalue weighted by molar-refractivity contribution is 0.287. The number of fused-ring (bicyclic) bond motifs is 2. The van der Waals surface area contributed by atoms with Gasteiger partial charge in [0.1, 0.15) is 12.4 Å². The van der Waals surface area contributed by atoms with Crippen LogP contribution >= 0.6 is 0 Å². The Morgan fingerprint density at radius 1 is 1.10 bits per heavy atom. The molecule has 0 saturated carbocycles. The molecule has 29 heavy (non-hydrogen) atoms. The van der Waals surface area contributed by atoms with E-state index in [1.54, 1.807) is 6.20 Å². The van der Waals surface area contributed by atoms with E-state index in [4.69, 9.17) is 10.5 Å². The zero-order valence-electron chi connectivity index (χ0n) is 15.8. The second-order valence-corrected chi connectivity index (χ2v) is 7.30. The molecule has 6 nitrogen and oxygen atoms in total. The molecule has 2 aliphatic rings. The van der Waals surface area contributed by atoms with Crippen LogP contribution in [-0.4, -0.2) is 40.1 Å². The molecule has 1 aromatic carbocycles. The smallest absolute Gasteiger partial charge is 0.138 e. The van der Waals surface area contributed by atoms with E-state index >= 15 is 0 Å². The number of benzene rings is 1. The van der Waals surface area contributed by atoms with Gasteiger partial charge in [0.2, 0.25) is 0 Å². The van der Waals surface area contributed by atoms with Crippen molar-refractivity contribution in [2.45, 2.75) is 18.5 Å². The van der Waals surface area contributed by atoms with E-state index in [0.29, 0.717) is 12.4 Å². The van der Waals surface area contributed by atoms with Crippen molar-refractivity contribution in [3.05, 3.63) is 78.3 Å². The Balaban J connectivity index is 1.25. The first-order valence-electron chi connectivity index (χ1n) is 9.64. The fraction of sp³-hybridized carbons (Fsp3) is 0.174. The average molecular weight is 383 g/mol. The van der Waals surface area contributed by atoms with E-state index in [1.807, 2.05) is 49.0 Å².